The van der Waals surface area contributed by atoms with E-state index < -0.39 is 42.5 Å². The van der Waals surface area contributed by atoms with E-state index in [9.17, 15) is 14.4 Å². The Kier molecular flexibility index (Phi) is 6.47. The minimum atomic E-state index is -1.43. The Bertz CT molecular complexity index is 518. The number of aliphatic hydroxyl groups is 1. The van der Waals surface area contributed by atoms with Crippen LogP contribution in [0, 0.1) is 0 Å². The number of aliphatic hydroxyl groups excluding tert-OH is 1. The van der Waals surface area contributed by atoms with Crippen molar-refractivity contribution >= 4 is 17.8 Å². The summed E-state index contributed by atoms with van der Waals surface area (Å²) in [7, 11) is 0. The number of hydrogen-bond donors (Lipinski definition) is 6. The summed E-state index contributed by atoms with van der Waals surface area (Å²) in [6, 6.07) is -3.30. The third-order valence-corrected chi connectivity index (χ3v) is 2.88. The first kappa shape index (κ1) is 17.6. The Morgan fingerprint density at radius 2 is 2.05 bits per heavy atom. The standard InChI is InChI=1S/C12H19N5O5/c1-6(10(19)17-9(4-18)12(21)22)16-11(20)8(13)2-7-3-14-5-15-7/h3,5-6,8-9,18H,2,4,13H2,1H3,(H,14,15)(H,16,20)(H,17,19)(H,21,22)/t6-,8+,9-/m1/s1. The van der Waals surface area contributed by atoms with Gasteiger partial charge in [-0.25, -0.2) is 9.78 Å². The van der Waals surface area contributed by atoms with Crippen molar-refractivity contribution in [1.82, 2.24) is 20.6 Å². The van der Waals surface area contributed by atoms with Crippen molar-refractivity contribution in [2.24, 2.45) is 5.73 Å². The zero-order valence-corrected chi connectivity index (χ0v) is 11.9. The molecule has 1 aromatic rings. The number of nitrogens with two attached hydrogens (primary N) is 1. The van der Waals surface area contributed by atoms with Crippen LogP contribution in [0.3, 0.4) is 0 Å². The van der Waals surface area contributed by atoms with Crippen molar-refractivity contribution in [3.05, 3.63) is 18.2 Å². The fourth-order valence-electron chi connectivity index (χ4n) is 1.59. The number of imidazole rings is 1. The van der Waals surface area contributed by atoms with Crippen LogP contribution in [0.5, 0.6) is 0 Å². The average molecular weight is 313 g/mol. The summed E-state index contributed by atoms with van der Waals surface area (Å²) in [6.45, 7) is 0.632. The molecule has 0 fully saturated rings. The number of hydrogen-bond acceptors (Lipinski definition) is 6. The van der Waals surface area contributed by atoms with Gasteiger partial charge in [0, 0.05) is 18.3 Å². The molecule has 0 aliphatic heterocycles. The van der Waals surface area contributed by atoms with E-state index in [0.717, 1.165) is 0 Å². The average Bonchev–Trinajstić information content (AvgIpc) is 2.96. The van der Waals surface area contributed by atoms with Crippen molar-refractivity contribution in [3.63, 3.8) is 0 Å². The second kappa shape index (κ2) is 8.10. The Hall–Kier alpha value is -2.46. The molecular formula is C12H19N5O5. The molecule has 0 saturated carbocycles. The number of amides is 2. The maximum atomic E-state index is 11.9. The number of carbonyl (C=O) groups is 3. The molecule has 22 heavy (non-hydrogen) atoms. The molecule has 7 N–H and O–H groups in total. The van der Waals surface area contributed by atoms with Gasteiger partial charge in [-0.15, -0.1) is 0 Å². The fraction of sp³-hybridized carbons (Fsp3) is 0.500. The van der Waals surface area contributed by atoms with E-state index in [1.165, 1.54) is 19.4 Å². The molecule has 1 heterocycles. The molecule has 10 heteroatoms. The first-order valence-corrected chi connectivity index (χ1v) is 6.52. The number of aliphatic carboxylic acids is 1. The second-order valence-electron chi connectivity index (χ2n) is 4.70. The second-order valence-corrected chi connectivity index (χ2v) is 4.70. The maximum Gasteiger partial charge on any atom is 0.328 e. The molecule has 0 radical (unpaired) electrons. The van der Waals surface area contributed by atoms with Gasteiger partial charge in [0.25, 0.3) is 0 Å². The lowest BCUT2D eigenvalue weighted by Gasteiger charge is -2.19. The highest BCUT2D eigenvalue weighted by atomic mass is 16.4. The minimum Gasteiger partial charge on any atom is -0.480 e. The summed E-state index contributed by atoms with van der Waals surface area (Å²) >= 11 is 0. The molecule has 10 nitrogen and oxygen atoms in total. The fourth-order valence-corrected chi connectivity index (χ4v) is 1.59. The Morgan fingerprint density at radius 1 is 1.36 bits per heavy atom. The molecular weight excluding hydrogens is 294 g/mol. The molecule has 0 aliphatic rings. The predicted molar refractivity (Wildman–Crippen MR) is 74.5 cm³/mol. The molecule has 0 saturated heterocycles. The summed E-state index contributed by atoms with van der Waals surface area (Å²) < 4.78 is 0. The van der Waals surface area contributed by atoms with E-state index in [2.05, 4.69) is 20.6 Å². The number of aromatic nitrogens is 2. The highest BCUT2D eigenvalue weighted by molar-refractivity contribution is 5.91. The van der Waals surface area contributed by atoms with Crippen LogP contribution >= 0.6 is 0 Å². The topological polar surface area (TPSA) is 170 Å². The highest BCUT2D eigenvalue weighted by Gasteiger charge is 2.24. The van der Waals surface area contributed by atoms with Crippen LogP contribution in [-0.4, -0.2) is 62.7 Å². The van der Waals surface area contributed by atoms with E-state index in [0.29, 0.717) is 5.69 Å². The highest BCUT2D eigenvalue weighted by Crippen LogP contribution is 1.97. The lowest BCUT2D eigenvalue weighted by molar-refractivity contribution is -0.143. The van der Waals surface area contributed by atoms with E-state index in [1.54, 1.807) is 0 Å². The summed E-state index contributed by atoms with van der Waals surface area (Å²) in [5, 5.41) is 22.0. The quantitative estimate of drug-likeness (QED) is 0.304. The van der Waals surface area contributed by atoms with Gasteiger partial charge in [-0.05, 0) is 6.92 Å². The van der Waals surface area contributed by atoms with Gasteiger partial charge in [-0.1, -0.05) is 0 Å². The number of carboxylic acids is 1. The third kappa shape index (κ3) is 5.14. The summed E-state index contributed by atoms with van der Waals surface area (Å²) in [5.41, 5.74) is 6.38. The lowest BCUT2D eigenvalue weighted by atomic mass is 10.1. The zero-order valence-electron chi connectivity index (χ0n) is 11.9. The van der Waals surface area contributed by atoms with Crippen LogP contribution in [0.4, 0.5) is 0 Å². The molecule has 1 aromatic heterocycles. The van der Waals surface area contributed by atoms with Crippen LogP contribution in [0.15, 0.2) is 12.5 Å². The maximum absolute atomic E-state index is 11.9. The summed E-state index contributed by atoms with van der Waals surface area (Å²) in [4.78, 5) is 40.9. The number of carbonyl (C=O) groups excluding carboxylic acids is 2. The zero-order chi connectivity index (χ0) is 16.7. The molecule has 0 aliphatic carbocycles. The van der Waals surface area contributed by atoms with Crippen molar-refractivity contribution < 1.29 is 24.6 Å². The number of aromatic amines is 1. The normalized spacial score (nSPS) is 14.7. The van der Waals surface area contributed by atoms with E-state index in [1.807, 2.05) is 0 Å². The number of rotatable bonds is 8. The van der Waals surface area contributed by atoms with Gasteiger partial charge in [0.1, 0.15) is 12.1 Å². The Balaban J connectivity index is 2.48. The smallest absolute Gasteiger partial charge is 0.328 e. The number of H-pyrrole nitrogens is 1. The predicted octanol–water partition coefficient (Wildman–Crippen LogP) is -2.65. The van der Waals surface area contributed by atoms with Crippen LogP contribution in [0.2, 0.25) is 0 Å². The van der Waals surface area contributed by atoms with E-state index >= 15 is 0 Å². The van der Waals surface area contributed by atoms with Crippen LogP contribution in [0.25, 0.3) is 0 Å². The van der Waals surface area contributed by atoms with Crippen LogP contribution in [0.1, 0.15) is 12.6 Å². The third-order valence-electron chi connectivity index (χ3n) is 2.88. The summed E-state index contributed by atoms with van der Waals surface area (Å²) in [5.74, 6) is -2.66. The van der Waals surface area contributed by atoms with Crippen LogP contribution < -0.4 is 16.4 Å². The molecule has 0 bridgehead atoms. The molecule has 1 rings (SSSR count). The number of nitrogens with one attached hydrogen (secondary N) is 3. The molecule has 0 aromatic carbocycles. The first-order chi connectivity index (χ1) is 10.3. The van der Waals surface area contributed by atoms with Crippen molar-refractivity contribution in [3.8, 4) is 0 Å². The molecule has 0 spiro atoms. The van der Waals surface area contributed by atoms with Gasteiger partial charge in [-0.3, -0.25) is 9.59 Å². The minimum absolute atomic E-state index is 0.217. The van der Waals surface area contributed by atoms with Gasteiger partial charge >= 0.3 is 5.97 Å². The number of nitrogens with zero attached hydrogens (tertiary/aromatic N) is 1. The van der Waals surface area contributed by atoms with Crippen LogP contribution in [-0.2, 0) is 20.8 Å². The summed E-state index contributed by atoms with van der Waals surface area (Å²) in [6.07, 6.45) is 3.20. The number of carboxylic acid groups (broad SMARTS) is 1. The first-order valence-electron chi connectivity index (χ1n) is 6.52. The van der Waals surface area contributed by atoms with E-state index in [-0.39, 0.29) is 6.42 Å². The van der Waals surface area contributed by atoms with Crippen molar-refractivity contribution in [2.45, 2.75) is 31.5 Å². The Labute approximate surface area is 126 Å². The van der Waals surface area contributed by atoms with Gasteiger partial charge in [0.15, 0.2) is 0 Å². The van der Waals surface area contributed by atoms with Gasteiger partial charge in [-0.2, -0.15) is 0 Å². The van der Waals surface area contributed by atoms with Crippen molar-refractivity contribution in [2.75, 3.05) is 6.61 Å². The molecule has 0 unspecified atom stereocenters. The van der Waals surface area contributed by atoms with Gasteiger partial charge in [0.2, 0.25) is 11.8 Å². The lowest BCUT2D eigenvalue weighted by Crippen LogP contribution is -2.54. The van der Waals surface area contributed by atoms with Gasteiger partial charge < -0.3 is 31.6 Å². The molecule has 3 atom stereocenters. The SMILES string of the molecule is C[C@@H](NC(=O)[C@@H](N)Cc1cnc[nH]1)C(=O)N[C@H](CO)C(=O)O. The van der Waals surface area contributed by atoms with E-state index in [4.69, 9.17) is 15.9 Å². The molecule has 122 valence electrons. The Morgan fingerprint density at radius 3 is 2.55 bits per heavy atom. The van der Waals surface area contributed by atoms with Crippen molar-refractivity contribution in [1.29, 1.82) is 0 Å². The molecule has 2 amide bonds. The van der Waals surface area contributed by atoms with Gasteiger partial charge in [0.05, 0.1) is 19.0 Å². The monoisotopic (exact) mass is 313 g/mol. The largest absolute Gasteiger partial charge is 0.480 e.